The first-order chi connectivity index (χ1) is 6.36. The van der Waals surface area contributed by atoms with Gasteiger partial charge in [-0.15, -0.1) is 11.8 Å². The molecule has 0 saturated heterocycles. The SMILES string of the molecule is CCC(C#N)SCc1ccccc1. The zero-order chi connectivity index (χ0) is 9.52. The molecule has 1 unspecified atom stereocenters. The fourth-order valence-electron chi connectivity index (χ4n) is 1.02. The molecule has 1 rings (SSSR count). The normalized spacial score (nSPS) is 12.0. The highest BCUT2D eigenvalue weighted by molar-refractivity contribution is 7.99. The third kappa shape index (κ3) is 3.52. The van der Waals surface area contributed by atoms with Gasteiger partial charge in [0.05, 0.1) is 11.3 Å². The van der Waals surface area contributed by atoms with E-state index in [-0.39, 0.29) is 5.25 Å². The lowest BCUT2D eigenvalue weighted by molar-refractivity contribution is 0.984. The van der Waals surface area contributed by atoms with Crippen LogP contribution < -0.4 is 0 Å². The van der Waals surface area contributed by atoms with E-state index in [1.807, 2.05) is 25.1 Å². The average molecular weight is 191 g/mol. The van der Waals surface area contributed by atoms with Crippen LogP contribution in [0.3, 0.4) is 0 Å². The first kappa shape index (κ1) is 10.1. The Morgan fingerprint density at radius 1 is 1.38 bits per heavy atom. The molecular formula is C11H13NS. The summed E-state index contributed by atoms with van der Waals surface area (Å²) in [5.74, 6) is 0.937. The Labute approximate surface area is 83.8 Å². The minimum absolute atomic E-state index is 0.139. The quantitative estimate of drug-likeness (QED) is 0.729. The molecule has 1 aromatic rings. The summed E-state index contributed by atoms with van der Waals surface area (Å²) in [6, 6.07) is 12.5. The maximum absolute atomic E-state index is 8.73. The molecule has 0 aliphatic carbocycles. The van der Waals surface area contributed by atoms with Crippen molar-refractivity contribution in [1.82, 2.24) is 0 Å². The lowest BCUT2D eigenvalue weighted by Crippen LogP contribution is -1.96. The van der Waals surface area contributed by atoms with Gasteiger partial charge in [0.25, 0.3) is 0 Å². The minimum atomic E-state index is 0.139. The summed E-state index contributed by atoms with van der Waals surface area (Å²) in [5, 5.41) is 8.87. The van der Waals surface area contributed by atoms with E-state index in [2.05, 4.69) is 18.2 Å². The maximum Gasteiger partial charge on any atom is 0.0917 e. The van der Waals surface area contributed by atoms with Crippen LogP contribution in [-0.4, -0.2) is 5.25 Å². The van der Waals surface area contributed by atoms with Crippen LogP contribution in [0.25, 0.3) is 0 Å². The lowest BCUT2D eigenvalue weighted by Gasteiger charge is -2.04. The van der Waals surface area contributed by atoms with Gasteiger partial charge in [0.15, 0.2) is 0 Å². The smallest absolute Gasteiger partial charge is 0.0917 e. The predicted octanol–water partition coefficient (Wildman–Crippen LogP) is 3.22. The second-order valence-corrected chi connectivity index (χ2v) is 4.01. The van der Waals surface area contributed by atoms with Gasteiger partial charge in [0.2, 0.25) is 0 Å². The van der Waals surface area contributed by atoms with Gasteiger partial charge >= 0.3 is 0 Å². The van der Waals surface area contributed by atoms with Crippen molar-refractivity contribution in [2.45, 2.75) is 24.3 Å². The third-order valence-corrected chi connectivity index (χ3v) is 3.15. The van der Waals surface area contributed by atoms with E-state index in [9.17, 15) is 0 Å². The maximum atomic E-state index is 8.73. The standard InChI is InChI=1S/C11H13NS/c1-2-11(8-12)13-9-10-6-4-3-5-7-10/h3-7,11H,2,9H2,1H3. The molecule has 0 radical (unpaired) electrons. The van der Waals surface area contributed by atoms with Gasteiger partial charge in [-0.25, -0.2) is 0 Å². The number of benzene rings is 1. The molecule has 0 heterocycles. The number of hydrogen-bond donors (Lipinski definition) is 0. The molecule has 0 aliphatic heterocycles. The van der Waals surface area contributed by atoms with E-state index < -0.39 is 0 Å². The zero-order valence-corrected chi connectivity index (χ0v) is 8.55. The Hall–Kier alpha value is -0.940. The van der Waals surface area contributed by atoms with E-state index in [4.69, 9.17) is 5.26 Å². The van der Waals surface area contributed by atoms with Crippen molar-refractivity contribution in [3.05, 3.63) is 35.9 Å². The van der Waals surface area contributed by atoms with E-state index >= 15 is 0 Å². The molecular weight excluding hydrogens is 178 g/mol. The first-order valence-electron chi connectivity index (χ1n) is 4.42. The molecule has 2 heteroatoms. The Balaban J connectivity index is 2.40. The fraction of sp³-hybridized carbons (Fsp3) is 0.364. The molecule has 0 N–H and O–H groups in total. The second-order valence-electron chi connectivity index (χ2n) is 2.82. The van der Waals surface area contributed by atoms with Crippen LogP contribution in [0.4, 0.5) is 0 Å². The van der Waals surface area contributed by atoms with Crippen molar-refractivity contribution in [2.75, 3.05) is 0 Å². The highest BCUT2D eigenvalue weighted by Gasteiger charge is 2.03. The number of thioether (sulfide) groups is 1. The predicted molar refractivity (Wildman–Crippen MR) is 57.4 cm³/mol. The topological polar surface area (TPSA) is 23.8 Å². The van der Waals surface area contributed by atoms with E-state index in [0.717, 1.165) is 12.2 Å². The van der Waals surface area contributed by atoms with Crippen LogP contribution in [0.2, 0.25) is 0 Å². The van der Waals surface area contributed by atoms with E-state index in [1.54, 1.807) is 11.8 Å². The molecule has 0 aromatic heterocycles. The number of nitrogens with zero attached hydrogens (tertiary/aromatic N) is 1. The van der Waals surface area contributed by atoms with Crippen molar-refractivity contribution in [2.24, 2.45) is 0 Å². The van der Waals surface area contributed by atoms with Crippen molar-refractivity contribution in [3.63, 3.8) is 0 Å². The van der Waals surface area contributed by atoms with Crippen LogP contribution in [0.15, 0.2) is 30.3 Å². The number of rotatable bonds is 4. The third-order valence-electron chi connectivity index (χ3n) is 1.81. The highest BCUT2D eigenvalue weighted by atomic mass is 32.2. The van der Waals surface area contributed by atoms with Gasteiger partial charge in [0.1, 0.15) is 0 Å². The first-order valence-corrected chi connectivity index (χ1v) is 5.47. The Morgan fingerprint density at radius 3 is 2.62 bits per heavy atom. The van der Waals surface area contributed by atoms with Crippen molar-refractivity contribution < 1.29 is 0 Å². The van der Waals surface area contributed by atoms with Crippen LogP contribution in [0.5, 0.6) is 0 Å². The summed E-state index contributed by atoms with van der Waals surface area (Å²) >= 11 is 1.71. The van der Waals surface area contributed by atoms with E-state index in [1.165, 1.54) is 5.56 Å². The molecule has 0 fully saturated rings. The van der Waals surface area contributed by atoms with Crippen molar-refractivity contribution in [1.29, 1.82) is 5.26 Å². The van der Waals surface area contributed by atoms with Gasteiger partial charge in [-0.05, 0) is 12.0 Å². The molecule has 0 bridgehead atoms. The molecule has 1 aromatic carbocycles. The summed E-state index contributed by atoms with van der Waals surface area (Å²) in [5.41, 5.74) is 1.29. The number of nitriles is 1. The lowest BCUT2D eigenvalue weighted by atomic mass is 10.2. The Kier molecular flexibility index (Phi) is 4.42. The molecule has 0 saturated carbocycles. The number of hydrogen-bond acceptors (Lipinski definition) is 2. The van der Waals surface area contributed by atoms with Gasteiger partial charge in [-0.1, -0.05) is 37.3 Å². The average Bonchev–Trinajstić information content (AvgIpc) is 2.21. The Bertz CT molecular complexity index is 276. The summed E-state index contributed by atoms with van der Waals surface area (Å²) in [6.45, 7) is 2.05. The van der Waals surface area contributed by atoms with E-state index in [0.29, 0.717) is 0 Å². The van der Waals surface area contributed by atoms with Crippen LogP contribution in [0, 0.1) is 11.3 Å². The van der Waals surface area contributed by atoms with Crippen LogP contribution >= 0.6 is 11.8 Å². The molecule has 1 atom stereocenters. The van der Waals surface area contributed by atoms with Crippen molar-refractivity contribution >= 4 is 11.8 Å². The van der Waals surface area contributed by atoms with Crippen LogP contribution in [0.1, 0.15) is 18.9 Å². The van der Waals surface area contributed by atoms with Crippen LogP contribution in [-0.2, 0) is 5.75 Å². The molecule has 0 spiro atoms. The largest absolute Gasteiger partial charge is 0.197 e. The molecule has 1 nitrogen and oxygen atoms in total. The fourth-order valence-corrected chi connectivity index (χ4v) is 1.91. The van der Waals surface area contributed by atoms with Gasteiger partial charge in [-0.2, -0.15) is 5.26 Å². The molecule has 68 valence electrons. The monoisotopic (exact) mass is 191 g/mol. The van der Waals surface area contributed by atoms with Gasteiger partial charge in [-0.3, -0.25) is 0 Å². The highest BCUT2D eigenvalue weighted by Crippen LogP contribution is 2.19. The van der Waals surface area contributed by atoms with Gasteiger partial charge in [0, 0.05) is 5.75 Å². The Morgan fingerprint density at radius 2 is 2.08 bits per heavy atom. The van der Waals surface area contributed by atoms with Crippen molar-refractivity contribution in [3.8, 4) is 6.07 Å². The van der Waals surface area contributed by atoms with Gasteiger partial charge < -0.3 is 0 Å². The zero-order valence-electron chi connectivity index (χ0n) is 7.73. The summed E-state index contributed by atoms with van der Waals surface area (Å²) in [6.07, 6.45) is 0.925. The molecule has 0 amide bonds. The molecule has 13 heavy (non-hydrogen) atoms. The summed E-state index contributed by atoms with van der Waals surface area (Å²) < 4.78 is 0. The summed E-state index contributed by atoms with van der Waals surface area (Å²) in [7, 11) is 0. The second kappa shape index (κ2) is 5.66. The minimum Gasteiger partial charge on any atom is -0.197 e. The summed E-state index contributed by atoms with van der Waals surface area (Å²) in [4.78, 5) is 0. The molecule has 0 aliphatic rings.